The first-order chi connectivity index (χ1) is 11.5. The second-order valence-electron chi connectivity index (χ2n) is 7.89. The summed E-state index contributed by atoms with van der Waals surface area (Å²) in [7, 11) is 2.57. The molecule has 0 aromatic rings. The number of rotatable bonds is 2. The maximum absolute atomic E-state index is 12.6. The lowest BCUT2D eigenvalue weighted by Crippen LogP contribution is -2.62. The van der Waals surface area contributed by atoms with E-state index in [2.05, 4.69) is 0 Å². The summed E-state index contributed by atoms with van der Waals surface area (Å²) in [5, 5.41) is 22.4. The molecule has 2 unspecified atom stereocenters. The summed E-state index contributed by atoms with van der Waals surface area (Å²) >= 11 is 0. The van der Waals surface area contributed by atoms with Gasteiger partial charge in [-0.15, -0.1) is 0 Å². The van der Waals surface area contributed by atoms with Crippen molar-refractivity contribution in [2.24, 2.45) is 5.92 Å². The highest BCUT2D eigenvalue weighted by molar-refractivity contribution is 6.06. The van der Waals surface area contributed by atoms with Crippen LogP contribution in [0.15, 0.2) is 11.5 Å². The van der Waals surface area contributed by atoms with Crippen LogP contribution < -0.4 is 0 Å². The number of Topliss-reactive ketones (excluding diaryl/α,β-unsaturated/α-hetero) is 1. The molecule has 8 heteroatoms. The second kappa shape index (κ2) is 5.35. The van der Waals surface area contributed by atoms with Crippen LogP contribution in [0, 0.1) is 5.92 Å². The molecule has 4 atom stereocenters. The number of hydrogen-bond donors (Lipinski definition) is 2. The minimum absolute atomic E-state index is 0.0337. The smallest absolute Gasteiger partial charge is 0.410 e. The van der Waals surface area contributed by atoms with Gasteiger partial charge in [-0.25, -0.2) is 4.79 Å². The average Bonchev–Trinajstić information content (AvgIpc) is 3.05. The maximum atomic E-state index is 12.6. The van der Waals surface area contributed by atoms with Gasteiger partial charge in [0.15, 0.2) is 17.0 Å². The van der Waals surface area contributed by atoms with Gasteiger partial charge >= 0.3 is 6.09 Å². The lowest BCUT2D eigenvalue weighted by Gasteiger charge is -2.39. The van der Waals surface area contributed by atoms with Crippen LogP contribution in [0.2, 0.25) is 0 Å². The van der Waals surface area contributed by atoms with E-state index in [9.17, 15) is 19.8 Å². The number of hydrogen-bond acceptors (Lipinski definition) is 7. The van der Waals surface area contributed by atoms with Crippen molar-refractivity contribution in [3.05, 3.63) is 11.5 Å². The fourth-order valence-electron chi connectivity index (χ4n) is 4.43. The third-order valence-corrected chi connectivity index (χ3v) is 5.31. The number of amides is 1. The molecule has 2 aliphatic carbocycles. The first kappa shape index (κ1) is 18.0. The molecule has 25 heavy (non-hydrogen) atoms. The molecular weight excluding hydrogens is 330 g/mol. The van der Waals surface area contributed by atoms with Crippen molar-refractivity contribution in [2.45, 2.75) is 56.5 Å². The largest absolute Gasteiger partial charge is 0.494 e. The normalized spacial score (nSPS) is 37.2. The molecule has 3 aliphatic rings. The Hall–Kier alpha value is -1.80. The van der Waals surface area contributed by atoms with Gasteiger partial charge in [0.2, 0.25) is 11.5 Å². The molecule has 1 saturated carbocycles. The maximum Gasteiger partial charge on any atom is 0.410 e. The zero-order valence-electron chi connectivity index (χ0n) is 15.2. The lowest BCUT2D eigenvalue weighted by atomic mass is 9.85. The molecule has 0 bridgehead atoms. The molecule has 2 fully saturated rings. The fourth-order valence-corrected chi connectivity index (χ4v) is 4.43. The molecule has 0 aromatic carbocycles. The van der Waals surface area contributed by atoms with E-state index in [1.807, 2.05) is 0 Å². The zero-order chi connectivity index (χ0) is 18.8. The third-order valence-electron chi connectivity index (χ3n) is 5.31. The van der Waals surface area contributed by atoms with E-state index in [4.69, 9.17) is 14.2 Å². The number of aliphatic hydroxyl groups is 2. The summed E-state index contributed by atoms with van der Waals surface area (Å²) in [5.41, 5.74) is -4.82. The van der Waals surface area contributed by atoms with Crippen molar-refractivity contribution in [3.8, 4) is 0 Å². The Bertz CT molecular complexity index is 652. The Morgan fingerprint density at radius 3 is 2.40 bits per heavy atom. The Morgan fingerprint density at radius 1 is 1.24 bits per heavy atom. The summed E-state index contributed by atoms with van der Waals surface area (Å²) in [5.74, 6) is -1.30. The topological polar surface area (TPSA) is 106 Å². The van der Waals surface area contributed by atoms with Crippen LogP contribution in [-0.4, -0.2) is 70.6 Å². The SMILES string of the molecule is COC1=C(OC)[C@]2(O)C3C(CCN3C(=O)OC(C)(C)C)C[C@]2(O)C1=O. The van der Waals surface area contributed by atoms with Crippen molar-refractivity contribution in [2.75, 3.05) is 20.8 Å². The van der Waals surface area contributed by atoms with Gasteiger partial charge in [0.05, 0.1) is 20.3 Å². The summed E-state index contributed by atoms with van der Waals surface area (Å²) < 4.78 is 15.7. The van der Waals surface area contributed by atoms with Crippen molar-refractivity contribution in [1.82, 2.24) is 4.90 Å². The minimum Gasteiger partial charge on any atom is -0.494 e. The van der Waals surface area contributed by atoms with Gasteiger partial charge in [-0.3, -0.25) is 4.79 Å². The van der Waals surface area contributed by atoms with Crippen molar-refractivity contribution in [3.63, 3.8) is 0 Å². The summed E-state index contributed by atoms with van der Waals surface area (Å²) in [6, 6.07) is -0.820. The number of methoxy groups -OCH3 is 2. The molecular formula is C17H25NO7. The van der Waals surface area contributed by atoms with Gasteiger partial charge in [0.1, 0.15) is 5.60 Å². The Kier molecular flexibility index (Phi) is 3.85. The molecule has 1 saturated heterocycles. The minimum atomic E-state index is -2.07. The van der Waals surface area contributed by atoms with Gasteiger partial charge in [-0.2, -0.15) is 0 Å². The van der Waals surface area contributed by atoms with Crippen LogP contribution in [0.3, 0.4) is 0 Å². The number of ketones is 1. The van der Waals surface area contributed by atoms with Crippen LogP contribution >= 0.6 is 0 Å². The van der Waals surface area contributed by atoms with Crippen LogP contribution in [0.25, 0.3) is 0 Å². The van der Waals surface area contributed by atoms with E-state index in [1.54, 1.807) is 20.8 Å². The highest BCUT2D eigenvalue weighted by Crippen LogP contribution is 2.58. The predicted molar refractivity (Wildman–Crippen MR) is 85.4 cm³/mol. The number of carbonyl (C=O) groups is 2. The Morgan fingerprint density at radius 2 is 1.88 bits per heavy atom. The number of fused-ring (bicyclic) bond motifs is 3. The summed E-state index contributed by atoms with van der Waals surface area (Å²) in [4.78, 5) is 26.6. The molecule has 0 spiro atoms. The Balaban J connectivity index is 2.04. The highest BCUT2D eigenvalue weighted by Gasteiger charge is 2.77. The van der Waals surface area contributed by atoms with E-state index in [-0.39, 0.29) is 23.9 Å². The molecule has 0 radical (unpaired) electrons. The van der Waals surface area contributed by atoms with Crippen LogP contribution in [-0.2, 0) is 19.0 Å². The first-order valence-corrected chi connectivity index (χ1v) is 8.33. The molecule has 0 aromatic heterocycles. The fraction of sp³-hybridized carbons (Fsp3) is 0.765. The first-order valence-electron chi connectivity index (χ1n) is 8.33. The van der Waals surface area contributed by atoms with Crippen LogP contribution in [0.5, 0.6) is 0 Å². The van der Waals surface area contributed by atoms with E-state index in [0.29, 0.717) is 13.0 Å². The van der Waals surface area contributed by atoms with Crippen LogP contribution in [0.4, 0.5) is 4.79 Å². The van der Waals surface area contributed by atoms with Gasteiger partial charge in [-0.1, -0.05) is 0 Å². The van der Waals surface area contributed by atoms with E-state index in [1.165, 1.54) is 19.1 Å². The second-order valence-corrected chi connectivity index (χ2v) is 7.89. The number of nitrogens with zero attached hydrogens (tertiary/aromatic N) is 1. The van der Waals surface area contributed by atoms with Crippen molar-refractivity contribution < 1.29 is 34.0 Å². The number of ether oxygens (including phenoxy) is 3. The molecule has 3 rings (SSSR count). The highest BCUT2D eigenvalue weighted by atomic mass is 16.6. The van der Waals surface area contributed by atoms with Crippen LogP contribution in [0.1, 0.15) is 33.6 Å². The predicted octanol–water partition coefficient (Wildman–Crippen LogP) is 0.565. The van der Waals surface area contributed by atoms with E-state index < -0.39 is 34.7 Å². The van der Waals surface area contributed by atoms with Gasteiger partial charge in [0.25, 0.3) is 0 Å². The molecule has 1 amide bonds. The lowest BCUT2D eigenvalue weighted by molar-refractivity contribution is -0.161. The van der Waals surface area contributed by atoms with Gasteiger partial charge < -0.3 is 29.3 Å². The molecule has 1 aliphatic heterocycles. The summed E-state index contributed by atoms with van der Waals surface area (Å²) in [6.07, 6.45) is -0.000842. The Labute approximate surface area is 146 Å². The molecule has 2 N–H and O–H groups in total. The molecule has 140 valence electrons. The third kappa shape index (κ3) is 2.20. The standard InChI is InChI=1S/C17H25NO7/c1-15(2,3)25-14(20)18-7-6-9-8-16(21)12(19)10(23-4)13(24-5)17(16,22)11(9)18/h9,11,21-22H,6-8H2,1-5H3/t9?,11?,16-,17+/m0/s1. The monoisotopic (exact) mass is 355 g/mol. The van der Waals surface area contributed by atoms with E-state index in [0.717, 1.165) is 0 Å². The van der Waals surface area contributed by atoms with Gasteiger partial charge in [0, 0.05) is 6.54 Å². The van der Waals surface area contributed by atoms with Gasteiger partial charge in [-0.05, 0) is 39.5 Å². The van der Waals surface area contributed by atoms with Crippen molar-refractivity contribution >= 4 is 11.9 Å². The molecule has 1 heterocycles. The number of carbonyl (C=O) groups excluding carboxylic acids is 2. The number of likely N-dealkylation sites (tertiary alicyclic amines) is 1. The quantitative estimate of drug-likeness (QED) is 0.746. The average molecular weight is 355 g/mol. The zero-order valence-corrected chi connectivity index (χ0v) is 15.2. The van der Waals surface area contributed by atoms with E-state index >= 15 is 0 Å². The summed E-state index contributed by atoms with van der Waals surface area (Å²) in [6.45, 7) is 5.62. The molecule has 8 nitrogen and oxygen atoms in total. The van der Waals surface area contributed by atoms with Crippen molar-refractivity contribution in [1.29, 1.82) is 0 Å².